The fraction of sp³-hybridized carbons (Fsp3) is 0.750. The third-order valence-electron chi connectivity index (χ3n) is 3.46. The van der Waals surface area contributed by atoms with Crippen molar-refractivity contribution in [2.45, 2.75) is 51.3 Å². The highest BCUT2D eigenvalue weighted by molar-refractivity contribution is 5.33. The molecule has 0 radical (unpaired) electrons. The van der Waals surface area contributed by atoms with Crippen molar-refractivity contribution in [3.63, 3.8) is 0 Å². The van der Waals surface area contributed by atoms with Crippen molar-refractivity contribution in [3.05, 3.63) is 11.9 Å². The lowest BCUT2D eigenvalue weighted by Gasteiger charge is -2.18. The summed E-state index contributed by atoms with van der Waals surface area (Å²) >= 11 is 0. The summed E-state index contributed by atoms with van der Waals surface area (Å²) in [5, 5.41) is 3.50. The average Bonchev–Trinajstić information content (AvgIpc) is 2.83. The number of rotatable bonds is 3. The molecule has 2 fully saturated rings. The van der Waals surface area contributed by atoms with Crippen LogP contribution in [0.1, 0.15) is 37.9 Å². The molecule has 88 valence electrons. The summed E-state index contributed by atoms with van der Waals surface area (Å²) in [5.74, 6) is 1.03. The first kappa shape index (κ1) is 10.1. The molecule has 2 atom stereocenters. The molecule has 1 N–H and O–H groups in total. The van der Waals surface area contributed by atoms with Gasteiger partial charge >= 0.3 is 0 Å². The van der Waals surface area contributed by atoms with Gasteiger partial charge in [0, 0.05) is 18.8 Å². The summed E-state index contributed by atoms with van der Waals surface area (Å²) in [6.07, 6.45) is 6.09. The number of aromatic nitrogens is 2. The van der Waals surface area contributed by atoms with E-state index in [4.69, 9.17) is 4.74 Å². The third kappa shape index (κ3) is 1.82. The normalized spacial score (nSPS) is 29.6. The van der Waals surface area contributed by atoms with Gasteiger partial charge in [-0.3, -0.25) is 0 Å². The van der Waals surface area contributed by atoms with Gasteiger partial charge in [0.25, 0.3) is 0 Å². The summed E-state index contributed by atoms with van der Waals surface area (Å²) < 4.78 is 7.90. The van der Waals surface area contributed by atoms with E-state index >= 15 is 0 Å². The molecule has 2 heterocycles. The smallest absolute Gasteiger partial charge is 0.203 e. The minimum Gasteiger partial charge on any atom is -0.376 e. The molecule has 2 aliphatic rings. The second-order valence-electron chi connectivity index (χ2n) is 4.96. The van der Waals surface area contributed by atoms with E-state index in [1.54, 1.807) is 0 Å². The van der Waals surface area contributed by atoms with Gasteiger partial charge in [-0.1, -0.05) is 0 Å². The highest BCUT2D eigenvalue weighted by Crippen LogP contribution is 2.31. The highest BCUT2D eigenvalue weighted by atomic mass is 16.5. The lowest BCUT2D eigenvalue weighted by molar-refractivity contribution is 0.108. The van der Waals surface area contributed by atoms with E-state index < -0.39 is 0 Å². The number of nitrogens with one attached hydrogen (secondary N) is 1. The Balaban J connectivity index is 1.85. The fourth-order valence-corrected chi connectivity index (χ4v) is 2.37. The first-order valence-electron chi connectivity index (χ1n) is 6.17. The van der Waals surface area contributed by atoms with Crippen LogP contribution in [0.4, 0.5) is 5.95 Å². The quantitative estimate of drug-likeness (QED) is 0.849. The molecule has 1 aliphatic carbocycles. The van der Waals surface area contributed by atoms with Crippen LogP contribution in [-0.4, -0.2) is 28.3 Å². The van der Waals surface area contributed by atoms with Crippen LogP contribution in [-0.2, 0) is 4.74 Å². The average molecular weight is 221 g/mol. The minimum absolute atomic E-state index is 0.299. The van der Waals surface area contributed by atoms with Gasteiger partial charge in [0.1, 0.15) is 0 Å². The predicted octanol–water partition coefficient (Wildman–Crippen LogP) is 2.12. The van der Waals surface area contributed by atoms with E-state index in [1.807, 2.05) is 0 Å². The molecule has 1 aromatic heterocycles. The Labute approximate surface area is 96.0 Å². The van der Waals surface area contributed by atoms with Crippen LogP contribution in [0.3, 0.4) is 0 Å². The maximum absolute atomic E-state index is 5.63. The zero-order chi connectivity index (χ0) is 11.1. The number of imidazole rings is 1. The maximum atomic E-state index is 5.63. The Morgan fingerprint density at radius 2 is 2.25 bits per heavy atom. The molecule has 1 saturated carbocycles. The van der Waals surface area contributed by atoms with Crippen LogP contribution in [0.15, 0.2) is 6.20 Å². The predicted molar refractivity (Wildman–Crippen MR) is 62.7 cm³/mol. The van der Waals surface area contributed by atoms with Crippen LogP contribution in [0.5, 0.6) is 0 Å². The number of hydrogen-bond donors (Lipinski definition) is 1. The van der Waals surface area contributed by atoms with Crippen molar-refractivity contribution in [2.75, 3.05) is 11.9 Å². The zero-order valence-corrected chi connectivity index (χ0v) is 9.94. The first-order chi connectivity index (χ1) is 7.74. The Morgan fingerprint density at radius 3 is 2.88 bits per heavy atom. The summed E-state index contributed by atoms with van der Waals surface area (Å²) in [5.41, 5.74) is 1.09. The largest absolute Gasteiger partial charge is 0.376 e. The molecule has 1 aliphatic heterocycles. The molecule has 0 amide bonds. The molecular weight excluding hydrogens is 202 g/mol. The summed E-state index contributed by atoms with van der Waals surface area (Å²) in [6, 6.07) is 1.10. The molecule has 16 heavy (non-hydrogen) atoms. The zero-order valence-electron chi connectivity index (χ0n) is 9.94. The van der Waals surface area contributed by atoms with Crippen molar-refractivity contribution in [3.8, 4) is 0 Å². The first-order valence-corrected chi connectivity index (χ1v) is 6.17. The fourth-order valence-electron chi connectivity index (χ4n) is 2.37. The van der Waals surface area contributed by atoms with Gasteiger partial charge in [0.2, 0.25) is 5.95 Å². The second-order valence-corrected chi connectivity index (χ2v) is 4.96. The molecule has 0 bridgehead atoms. The van der Waals surface area contributed by atoms with Crippen LogP contribution in [0, 0.1) is 6.92 Å². The number of aryl methyl sites for hydroxylation is 1. The molecule has 3 rings (SSSR count). The van der Waals surface area contributed by atoms with Gasteiger partial charge in [-0.25, -0.2) is 4.98 Å². The van der Waals surface area contributed by atoms with Crippen molar-refractivity contribution >= 4 is 5.95 Å². The Morgan fingerprint density at radius 1 is 1.44 bits per heavy atom. The number of ether oxygens (including phenoxy) is 1. The third-order valence-corrected chi connectivity index (χ3v) is 3.46. The Kier molecular flexibility index (Phi) is 2.39. The summed E-state index contributed by atoms with van der Waals surface area (Å²) in [4.78, 5) is 4.57. The molecule has 0 aromatic carbocycles. The topological polar surface area (TPSA) is 39.1 Å². The van der Waals surface area contributed by atoms with E-state index in [2.05, 4.69) is 34.9 Å². The van der Waals surface area contributed by atoms with Gasteiger partial charge in [-0.15, -0.1) is 0 Å². The summed E-state index contributed by atoms with van der Waals surface area (Å²) in [7, 11) is 0. The Hall–Kier alpha value is -1.03. The van der Waals surface area contributed by atoms with Crippen LogP contribution in [0.2, 0.25) is 0 Å². The van der Waals surface area contributed by atoms with Crippen LogP contribution < -0.4 is 5.32 Å². The Bertz CT molecular complexity index is 384. The van der Waals surface area contributed by atoms with Crippen molar-refractivity contribution in [1.82, 2.24) is 9.55 Å². The standard InChI is InChI=1S/C12H19N3O/c1-8-7-15(11-5-6-16-9(11)2)12(13-8)14-10-3-4-10/h7,9-11H,3-6H2,1-2H3,(H,13,14). The lowest BCUT2D eigenvalue weighted by Crippen LogP contribution is -2.19. The SMILES string of the molecule is Cc1cn(C2CCOC2C)c(NC2CC2)n1. The molecule has 1 saturated heterocycles. The molecule has 2 unspecified atom stereocenters. The van der Waals surface area contributed by atoms with E-state index in [0.29, 0.717) is 18.2 Å². The van der Waals surface area contributed by atoms with E-state index in [1.165, 1.54) is 12.8 Å². The van der Waals surface area contributed by atoms with Gasteiger partial charge in [-0.05, 0) is 33.1 Å². The van der Waals surface area contributed by atoms with Crippen molar-refractivity contribution in [2.24, 2.45) is 0 Å². The number of anilines is 1. The van der Waals surface area contributed by atoms with Gasteiger partial charge < -0.3 is 14.6 Å². The molecule has 1 aromatic rings. The van der Waals surface area contributed by atoms with E-state index in [0.717, 1.165) is 24.7 Å². The lowest BCUT2D eigenvalue weighted by atomic mass is 10.1. The van der Waals surface area contributed by atoms with E-state index in [-0.39, 0.29) is 0 Å². The molecule has 4 nitrogen and oxygen atoms in total. The molecule has 0 spiro atoms. The summed E-state index contributed by atoms with van der Waals surface area (Å²) in [6.45, 7) is 5.06. The molecular formula is C12H19N3O. The number of hydrogen-bond acceptors (Lipinski definition) is 3. The van der Waals surface area contributed by atoms with Crippen molar-refractivity contribution < 1.29 is 4.74 Å². The van der Waals surface area contributed by atoms with Gasteiger partial charge in [0.05, 0.1) is 17.8 Å². The van der Waals surface area contributed by atoms with Crippen molar-refractivity contribution in [1.29, 1.82) is 0 Å². The minimum atomic E-state index is 0.299. The monoisotopic (exact) mass is 221 g/mol. The second kappa shape index (κ2) is 3.77. The van der Waals surface area contributed by atoms with Crippen LogP contribution in [0.25, 0.3) is 0 Å². The molecule has 4 heteroatoms. The maximum Gasteiger partial charge on any atom is 0.203 e. The van der Waals surface area contributed by atoms with Crippen LogP contribution >= 0.6 is 0 Å². The van der Waals surface area contributed by atoms with Gasteiger partial charge in [-0.2, -0.15) is 0 Å². The number of nitrogens with zero attached hydrogens (tertiary/aromatic N) is 2. The highest BCUT2D eigenvalue weighted by Gasteiger charge is 2.30. The van der Waals surface area contributed by atoms with E-state index in [9.17, 15) is 0 Å². The van der Waals surface area contributed by atoms with Gasteiger partial charge in [0.15, 0.2) is 0 Å².